The second-order valence-corrected chi connectivity index (χ2v) is 9.98. The summed E-state index contributed by atoms with van der Waals surface area (Å²) >= 11 is 0. The molecule has 0 saturated carbocycles. The smallest absolute Gasteiger partial charge is 0.326 e. The maximum Gasteiger partial charge on any atom is 0.326 e. The molecule has 0 saturated heterocycles. The van der Waals surface area contributed by atoms with Crippen molar-refractivity contribution >= 4 is 23.7 Å². The van der Waals surface area contributed by atoms with Gasteiger partial charge in [0.05, 0.1) is 12.1 Å². The van der Waals surface area contributed by atoms with Gasteiger partial charge in [-0.15, -0.1) is 0 Å². The molecule has 11 nitrogen and oxygen atoms in total. The predicted octanol–water partition coefficient (Wildman–Crippen LogP) is 0.471. The Morgan fingerprint density at radius 1 is 0.769 bits per heavy atom. The maximum absolute atomic E-state index is 13.3. The van der Waals surface area contributed by atoms with Gasteiger partial charge in [0.25, 0.3) is 0 Å². The number of carbonyl (C=O) groups excluding carboxylic acids is 3. The van der Waals surface area contributed by atoms with E-state index in [1.54, 1.807) is 42.5 Å². The summed E-state index contributed by atoms with van der Waals surface area (Å²) in [6.07, 6.45) is -0.969. The number of hydrogen-bond acceptors (Lipinski definition) is 7. The van der Waals surface area contributed by atoms with Crippen molar-refractivity contribution in [3.05, 3.63) is 65.7 Å². The molecule has 0 radical (unpaired) electrons. The number of aliphatic carboxylic acids is 1. The molecule has 0 aliphatic rings. The van der Waals surface area contributed by atoms with Gasteiger partial charge in [-0.1, -0.05) is 56.3 Å². The van der Waals surface area contributed by atoms with Crippen molar-refractivity contribution in [1.82, 2.24) is 16.0 Å². The SMILES string of the molecule is CC(C)CC(N)C(=O)NC(C(=O)NC(Cc1ccccc1)C(=O)NC(Cc1ccc(O)cc1)C(=O)O)C(C)O. The highest BCUT2D eigenvalue weighted by Crippen LogP contribution is 2.12. The standard InChI is InChI=1S/C28H38N4O7/c1-16(2)13-21(29)25(35)32-24(17(3)33)27(37)30-22(14-18-7-5-4-6-8-18)26(36)31-23(28(38)39)15-19-9-11-20(34)12-10-19/h4-12,16-17,21-24,33-34H,13-15,29H2,1-3H3,(H,30,37)(H,31,36)(H,32,35)(H,38,39). The second-order valence-electron chi connectivity index (χ2n) is 9.98. The van der Waals surface area contributed by atoms with Crippen LogP contribution in [0.2, 0.25) is 0 Å². The third kappa shape index (κ3) is 10.4. The van der Waals surface area contributed by atoms with Crippen molar-refractivity contribution in [2.24, 2.45) is 11.7 Å². The number of phenols is 1. The van der Waals surface area contributed by atoms with Crippen LogP contribution in [-0.4, -0.2) is 69.3 Å². The lowest BCUT2D eigenvalue weighted by Gasteiger charge is -2.27. The van der Waals surface area contributed by atoms with Crippen molar-refractivity contribution in [1.29, 1.82) is 0 Å². The van der Waals surface area contributed by atoms with Gasteiger partial charge in [0.2, 0.25) is 17.7 Å². The van der Waals surface area contributed by atoms with Crippen LogP contribution in [0.1, 0.15) is 38.3 Å². The molecule has 0 aliphatic heterocycles. The van der Waals surface area contributed by atoms with Crippen molar-refractivity contribution in [2.75, 3.05) is 0 Å². The van der Waals surface area contributed by atoms with Crippen molar-refractivity contribution < 1.29 is 34.5 Å². The topological polar surface area (TPSA) is 191 Å². The van der Waals surface area contributed by atoms with Crippen LogP contribution >= 0.6 is 0 Å². The number of aliphatic hydroxyl groups is 1. The number of hydrogen-bond donors (Lipinski definition) is 7. The number of nitrogens with one attached hydrogen (secondary N) is 3. The number of phenolic OH excluding ortho intramolecular Hbond substituents is 1. The number of carbonyl (C=O) groups is 4. The molecule has 5 unspecified atom stereocenters. The van der Waals surface area contributed by atoms with E-state index < -0.39 is 54.0 Å². The van der Waals surface area contributed by atoms with Gasteiger partial charge in [0, 0.05) is 12.8 Å². The first-order valence-corrected chi connectivity index (χ1v) is 12.8. The fraction of sp³-hybridized carbons (Fsp3) is 0.429. The quantitative estimate of drug-likeness (QED) is 0.179. The van der Waals surface area contributed by atoms with E-state index in [1.807, 2.05) is 13.8 Å². The van der Waals surface area contributed by atoms with E-state index in [0.717, 1.165) is 0 Å². The molecule has 0 aromatic heterocycles. The molecule has 5 atom stereocenters. The zero-order chi connectivity index (χ0) is 29.1. The second kappa shape index (κ2) is 14.8. The largest absolute Gasteiger partial charge is 0.508 e. The Labute approximate surface area is 227 Å². The number of benzene rings is 2. The third-order valence-electron chi connectivity index (χ3n) is 6.03. The number of rotatable bonds is 14. The first-order chi connectivity index (χ1) is 18.4. The minimum absolute atomic E-state index is 0.0187. The van der Waals surface area contributed by atoms with Crippen LogP contribution in [0.3, 0.4) is 0 Å². The van der Waals surface area contributed by atoms with E-state index >= 15 is 0 Å². The van der Waals surface area contributed by atoms with E-state index in [-0.39, 0.29) is 24.5 Å². The first kappa shape index (κ1) is 31.3. The monoisotopic (exact) mass is 542 g/mol. The number of aliphatic hydroxyl groups excluding tert-OH is 1. The molecule has 2 rings (SSSR count). The molecule has 2 aromatic rings. The number of nitrogens with two attached hydrogens (primary N) is 1. The Morgan fingerprint density at radius 3 is 1.85 bits per heavy atom. The van der Waals surface area contributed by atoms with Crippen LogP contribution in [-0.2, 0) is 32.0 Å². The van der Waals surface area contributed by atoms with Gasteiger partial charge in [-0.2, -0.15) is 0 Å². The van der Waals surface area contributed by atoms with Gasteiger partial charge in [-0.3, -0.25) is 14.4 Å². The van der Waals surface area contributed by atoms with E-state index in [2.05, 4.69) is 16.0 Å². The summed E-state index contributed by atoms with van der Waals surface area (Å²) < 4.78 is 0. The predicted molar refractivity (Wildman–Crippen MR) is 144 cm³/mol. The van der Waals surface area contributed by atoms with Gasteiger partial charge < -0.3 is 37.0 Å². The first-order valence-electron chi connectivity index (χ1n) is 12.8. The third-order valence-corrected chi connectivity index (χ3v) is 6.03. The molecular formula is C28H38N4O7. The average Bonchev–Trinajstić information content (AvgIpc) is 2.87. The highest BCUT2D eigenvalue weighted by Gasteiger charge is 2.32. The summed E-state index contributed by atoms with van der Waals surface area (Å²) in [5.74, 6) is -3.33. The molecule has 8 N–H and O–H groups in total. The Bertz CT molecular complexity index is 1110. The fourth-order valence-corrected chi connectivity index (χ4v) is 3.94. The summed E-state index contributed by atoms with van der Waals surface area (Å²) in [6, 6.07) is 9.87. The Morgan fingerprint density at radius 2 is 1.31 bits per heavy atom. The van der Waals surface area contributed by atoms with Crippen LogP contribution in [0.4, 0.5) is 0 Å². The van der Waals surface area contributed by atoms with Crippen LogP contribution in [0, 0.1) is 5.92 Å². The van der Waals surface area contributed by atoms with Gasteiger partial charge >= 0.3 is 5.97 Å². The lowest BCUT2D eigenvalue weighted by atomic mass is 10.0. The number of carboxylic acid groups (broad SMARTS) is 1. The Kier molecular flexibility index (Phi) is 11.9. The van der Waals surface area contributed by atoms with Crippen molar-refractivity contribution in [2.45, 2.75) is 70.3 Å². The average molecular weight is 543 g/mol. The lowest BCUT2D eigenvalue weighted by molar-refractivity contribution is -0.142. The summed E-state index contributed by atoms with van der Waals surface area (Å²) in [5.41, 5.74) is 7.18. The minimum atomic E-state index is -1.39. The lowest BCUT2D eigenvalue weighted by Crippen LogP contribution is -2.60. The zero-order valence-corrected chi connectivity index (χ0v) is 22.3. The zero-order valence-electron chi connectivity index (χ0n) is 22.3. The molecule has 39 heavy (non-hydrogen) atoms. The van der Waals surface area contributed by atoms with E-state index in [0.29, 0.717) is 17.5 Å². The number of amides is 3. The Hall–Kier alpha value is -3.96. The minimum Gasteiger partial charge on any atom is -0.508 e. The Balaban J connectivity index is 2.23. The van der Waals surface area contributed by atoms with Gasteiger partial charge in [-0.25, -0.2) is 4.79 Å². The molecular weight excluding hydrogens is 504 g/mol. The molecule has 0 bridgehead atoms. The number of carboxylic acids is 1. The highest BCUT2D eigenvalue weighted by molar-refractivity contribution is 5.94. The van der Waals surface area contributed by atoms with Gasteiger partial charge in [0.1, 0.15) is 23.9 Å². The molecule has 0 aliphatic carbocycles. The van der Waals surface area contributed by atoms with Crippen LogP contribution in [0.25, 0.3) is 0 Å². The van der Waals surface area contributed by atoms with Crippen LogP contribution in [0.5, 0.6) is 5.75 Å². The summed E-state index contributed by atoms with van der Waals surface area (Å²) in [4.78, 5) is 50.9. The molecule has 212 valence electrons. The van der Waals surface area contributed by atoms with Crippen molar-refractivity contribution in [3.8, 4) is 5.75 Å². The summed E-state index contributed by atoms with van der Waals surface area (Å²) in [7, 11) is 0. The van der Waals surface area contributed by atoms with Crippen LogP contribution < -0.4 is 21.7 Å². The van der Waals surface area contributed by atoms with E-state index in [9.17, 15) is 34.5 Å². The van der Waals surface area contributed by atoms with E-state index in [1.165, 1.54) is 19.1 Å². The van der Waals surface area contributed by atoms with Crippen molar-refractivity contribution in [3.63, 3.8) is 0 Å². The normalized spacial score (nSPS) is 14.9. The maximum atomic E-state index is 13.3. The fourth-order valence-electron chi connectivity index (χ4n) is 3.94. The van der Waals surface area contributed by atoms with Gasteiger partial charge in [-0.05, 0) is 42.5 Å². The van der Waals surface area contributed by atoms with Gasteiger partial charge in [0.15, 0.2) is 0 Å². The molecule has 3 amide bonds. The molecule has 2 aromatic carbocycles. The van der Waals surface area contributed by atoms with Crippen LogP contribution in [0.15, 0.2) is 54.6 Å². The molecule has 0 spiro atoms. The van der Waals surface area contributed by atoms with E-state index in [4.69, 9.17) is 5.73 Å². The summed E-state index contributed by atoms with van der Waals surface area (Å²) in [5, 5.41) is 36.9. The highest BCUT2D eigenvalue weighted by atomic mass is 16.4. The molecule has 0 heterocycles. The summed E-state index contributed by atoms with van der Waals surface area (Å²) in [6.45, 7) is 5.11. The molecule has 11 heteroatoms. The molecule has 0 fully saturated rings. The number of aromatic hydroxyl groups is 1.